The van der Waals surface area contributed by atoms with Crippen LogP contribution in [0.25, 0.3) is 71.0 Å². The minimum absolute atomic E-state index is 0.115. The van der Waals surface area contributed by atoms with Crippen LogP contribution in [0.3, 0.4) is 0 Å². The Balaban J connectivity index is 1.53. The van der Waals surface area contributed by atoms with Crippen molar-refractivity contribution in [1.29, 1.82) is 0 Å². The minimum atomic E-state index is -4.62. The molecule has 0 spiro atoms. The van der Waals surface area contributed by atoms with E-state index < -0.39 is 11.7 Å². The van der Waals surface area contributed by atoms with Gasteiger partial charge in [-0.2, -0.15) is 13.2 Å². The summed E-state index contributed by atoms with van der Waals surface area (Å²) in [6.07, 6.45) is -4.62. The lowest BCUT2D eigenvalue weighted by Gasteiger charge is -2.22. The van der Waals surface area contributed by atoms with Crippen molar-refractivity contribution in [1.82, 2.24) is 9.13 Å². The van der Waals surface area contributed by atoms with Crippen molar-refractivity contribution in [2.75, 3.05) is 0 Å². The third kappa shape index (κ3) is 6.86. The van der Waals surface area contributed by atoms with E-state index in [0.717, 1.165) is 43.6 Å². The number of benzene rings is 6. The normalized spacial score (nSPS) is 13.2. The van der Waals surface area contributed by atoms with Crippen LogP contribution >= 0.6 is 0 Å². The molecule has 0 amide bonds. The van der Waals surface area contributed by atoms with E-state index in [-0.39, 0.29) is 27.3 Å². The zero-order valence-corrected chi connectivity index (χ0v) is 36.9. The quantitative estimate of drug-likeness (QED) is 0.158. The molecule has 0 fully saturated rings. The van der Waals surface area contributed by atoms with Crippen molar-refractivity contribution >= 4 is 49.3 Å². The summed E-state index contributed by atoms with van der Waals surface area (Å²) in [5.74, 6) is 0. The van der Waals surface area contributed by atoms with Crippen LogP contribution in [0.15, 0.2) is 109 Å². The Morgan fingerprint density at radius 2 is 0.767 bits per heavy atom. The first kappa shape index (κ1) is 41.0. The number of fused-ring (bicyclic) bond motifs is 6. The first-order valence-corrected chi connectivity index (χ1v) is 20.8. The molecular formula is C54H54F3N3. The Morgan fingerprint density at radius 1 is 0.417 bits per heavy atom. The van der Waals surface area contributed by atoms with Crippen molar-refractivity contribution in [3.05, 3.63) is 148 Å². The van der Waals surface area contributed by atoms with Gasteiger partial charge in [-0.05, 0) is 122 Å². The van der Waals surface area contributed by atoms with Crippen molar-refractivity contribution in [3.8, 4) is 22.5 Å². The average molecular weight is 802 g/mol. The van der Waals surface area contributed by atoms with Gasteiger partial charge in [0, 0.05) is 32.8 Å². The molecule has 8 rings (SSSR count). The highest BCUT2D eigenvalue weighted by atomic mass is 19.4. The summed E-state index contributed by atoms with van der Waals surface area (Å²) in [7, 11) is 0. The molecule has 0 unspecified atom stereocenters. The van der Waals surface area contributed by atoms with Crippen LogP contribution in [0.4, 0.5) is 18.9 Å². The summed E-state index contributed by atoms with van der Waals surface area (Å²) in [5.41, 5.74) is 9.29. The molecule has 60 heavy (non-hydrogen) atoms. The molecule has 0 saturated heterocycles. The van der Waals surface area contributed by atoms with Crippen LogP contribution in [-0.4, -0.2) is 9.13 Å². The second-order valence-corrected chi connectivity index (χ2v) is 20.6. The second-order valence-electron chi connectivity index (χ2n) is 20.6. The lowest BCUT2D eigenvalue weighted by Crippen LogP contribution is -2.10. The van der Waals surface area contributed by atoms with Crippen LogP contribution < -0.4 is 0 Å². The van der Waals surface area contributed by atoms with Gasteiger partial charge in [-0.15, -0.1) is 0 Å². The fourth-order valence-corrected chi connectivity index (χ4v) is 8.62. The van der Waals surface area contributed by atoms with Crippen LogP contribution in [0.5, 0.6) is 0 Å². The van der Waals surface area contributed by atoms with E-state index in [2.05, 4.69) is 170 Å². The van der Waals surface area contributed by atoms with Gasteiger partial charge in [0.1, 0.15) is 0 Å². The van der Waals surface area contributed by atoms with E-state index in [0.29, 0.717) is 22.5 Å². The molecular weight excluding hydrogens is 748 g/mol. The molecule has 8 aromatic rings. The summed E-state index contributed by atoms with van der Waals surface area (Å²) >= 11 is 0. The van der Waals surface area contributed by atoms with Crippen LogP contribution in [0.2, 0.25) is 0 Å². The third-order valence-corrected chi connectivity index (χ3v) is 12.2. The number of halogens is 3. The van der Waals surface area contributed by atoms with Gasteiger partial charge in [0.2, 0.25) is 0 Å². The van der Waals surface area contributed by atoms with E-state index in [4.69, 9.17) is 6.57 Å². The van der Waals surface area contributed by atoms with E-state index in [9.17, 15) is 13.2 Å². The number of nitrogens with zero attached hydrogens (tertiary/aromatic N) is 3. The number of rotatable bonds is 3. The molecule has 0 N–H and O–H groups in total. The number of hydrogen-bond acceptors (Lipinski definition) is 0. The maximum Gasteiger partial charge on any atom is 0.416 e. The third-order valence-electron chi connectivity index (χ3n) is 12.2. The number of alkyl halides is 3. The topological polar surface area (TPSA) is 14.2 Å². The predicted octanol–water partition coefficient (Wildman–Crippen LogP) is 16.3. The first-order chi connectivity index (χ1) is 27.9. The molecule has 3 nitrogen and oxygen atoms in total. The maximum atomic E-state index is 14.9. The molecule has 6 heteroatoms. The van der Waals surface area contributed by atoms with Gasteiger partial charge in [-0.25, -0.2) is 4.85 Å². The van der Waals surface area contributed by atoms with E-state index in [1.807, 2.05) is 12.1 Å². The highest BCUT2D eigenvalue weighted by molar-refractivity contribution is 6.12. The molecule has 0 aliphatic carbocycles. The zero-order valence-electron chi connectivity index (χ0n) is 36.9. The molecule has 306 valence electrons. The monoisotopic (exact) mass is 801 g/mol. The van der Waals surface area contributed by atoms with Crippen molar-refractivity contribution in [3.63, 3.8) is 0 Å². The van der Waals surface area contributed by atoms with E-state index in [1.54, 1.807) is 12.1 Å². The van der Waals surface area contributed by atoms with Gasteiger partial charge in [-0.3, -0.25) is 0 Å². The summed E-state index contributed by atoms with van der Waals surface area (Å²) in [6, 6.07) is 35.5. The molecule has 2 heterocycles. The first-order valence-electron chi connectivity index (χ1n) is 20.8. The number of hydrogen-bond donors (Lipinski definition) is 0. The zero-order chi connectivity index (χ0) is 43.5. The Hall–Kier alpha value is -5.80. The Bertz CT molecular complexity index is 2920. The van der Waals surface area contributed by atoms with Crippen molar-refractivity contribution in [2.45, 2.75) is 111 Å². The van der Waals surface area contributed by atoms with Crippen LogP contribution in [-0.2, 0) is 27.8 Å². The smallest absolute Gasteiger partial charge is 0.310 e. The molecule has 0 saturated carbocycles. The SMILES string of the molecule is [C-]#[N+]c1cccc(-n2c3ccc(C(C)(C)C)cc3c3cc(C(C)(C)C)ccc32)c1-c1cc(C(F)(F)F)ccc1-n1c2ccc(C(C)(C)C)cc2c2cc(C(C)(C)C)ccc21. The second kappa shape index (κ2) is 13.6. The Labute approximate surface area is 352 Å². The minimum Gasteiger partial charge on any atom is -0.310 e. The van der Waals surface area contributed by atoms with Gasteiger partial charge in [0.15, 0.2) is 5.69 Å². The predicted molar refractivity (Wildman–Crippen MR) is 247 cm³/mol. The fraction of sp³-hybridized carbons (Fsp3) is 0.315. The Morgan fingerprint density at radius 3 is 1.10 bits per heavy atom. The molecule has 0 radical (unpaired) electrons. The summed E-state index contributed by atoms with van der Waals surface area (Å²) in [5, 5.41) is 4.16. The summed E-state index contributed by atoms with van der Waals surface area (Å²) in [4.78, 5) is 4.03. The van der Waals surface area contributed by atoms with Crippen molar-refractivity contribution < 1.29 is 13.2 Å². The van der Waals surface area contributed by atoms with Crippen LogP contribution in [0.1, 0.15) is 111 Å². The van der Waals surface area contributed by atoms with E-state index >= 15 is 0 Å². The molecule has 0 bridgehead atoms. The number of aromatic nitrogens is 2. The molecule has 6 aromatic carbocycles. The van der Waals surface area contributed by atoms with Gasteiger partial charge >= 0.3 is 6.18 Å². The summed E-state index contributed by atoms with van der Waals surface area (Å²) in [6.45, 7) is 34.8. The highest BCUT2D eigenvalue weighted by Crippen LogP contribution is 2.47. The van der Waals surface area contributed by atoms with Gasteiger partial charge in [0.05, 0.1) is 39.9 Å². The van der Waals surface area contributed by atoms with Gasteiger partial charge < -0.3 is 9.13 Å². The molecule has 2 aromatic heterocycles. The highest BCUT2D eigenvalue weighted by Gasteiger charge is 2.33. The Kier molecular flexibility index (Phi) is 9.29. The molecule has 0 aliphatic heterocycles. The van der Waals surface area contributed by atoms with Gasteiger partial charge in [0.25, 0.3) is 0 Å². The molecule has 0 aliphatic rings. The van der Waals surface area contributed by atoms with Crippen LogP contribution in [0, 0.1) is 6.57 Å². The van der Waals surface area contributed by atoms with E-state index in [1.165, 1.54) is 34.4 Å². The largest absolute Gasteiger partial charge is 0.416 e. The molecule has 0 atom stereocenters. The average Bonchev–Trinajstić information content (AvgIpc) is 3.67. The summed E-state index contributed by atoms with van der Waals surface area (Å²) < 4.78 is 49.1. The lowest BCUT2D eigenvalue weighted by molar-refractivity contribution is -0.137. The van der Waals surface area contributed by atoms with Crippen molar-refractivity contribution in [2.24, 2.45) is 0 Å². The standard InChI is InChI=1S/C54H54F3N3/c1-50(2,3)32-17-22-43-37(27-32)38-28-33(51(4,5)6)18-23-44(38)59(43)47-26-21-36(54(55,56)57)31-41(47)49-42(58-13)15-14-16-48(49)60-45-24-19-34(52(7,8)9)29-39(45)40-30-35(53(10,11)12)20-25-46(40)60/h14-31H,1-12H3. The fourth-order valence-electron chi connectivity index (χ4n) is 8.62. The maximum absolute atomic E-state index is 14.9. The van der Waals surface area contributed by atoms with Gasteiger partial charge in [-0.1, -0.05) is 119 Å². The lowest BCUT2D eigenvalue weighted by atomic mass is 9.85.